The molecule has 18 heavy (non-hydrogen) atoms. The Balaban J connectivity index is 1.98. The predicted molar refractivity (Wildman–Crippen MR) is 85.0 cm³/mol. The highest BCUT2D eigenvalue weighted by atomic mass is 127. The Morgan fingerprint density at radius 1 is 1.50 bits per heavy atom. The van der Waals surface area contributed by atoms with E-state index in [1.807, 2.05) is 0 Å². The van der Waals surface area contributed by atoms with Gasteiger partial charge in [0.15, 0.2) is 0 Å². The lowest BCUT2D eigenvalue weighted by Gasteiger charge is -2.43. The second kappa shape index (κ2) is 6.83. The van der Waals surface area contributed by atoms with Crippen LogP contribution < -0.4 is 0 Å². The van der Waals surface area contributed by atoms with Crippen molar-refractivity contribution < 1.29 is 4.74 Å². The Hall–Kier alpha value is 0.570. The summed E-state index contributed by atoms with van der Waals surface area (Å²) >= 11 is 2.47. The maximum absolute atomic E-state index is 9.29. The molecular formula is C13H22IN2OP. The highest BCUT2D eigenvalue weighted by molar-refractivity contribution is 14.1. The van der Waals surface area contributed by atoms with Gasteiger partial charge in [-0.1, -0.05) is 29.5 Å². The fraction of sp³-hybridized carbons (Fsp3) is 0.923. The average molecular weight is 380 g/mol. The molecule has 0 spiro atoms. The molecule has 102 valence electrons. The summed E-state index contributed by atoms with van der Waals surface area (Å²) in [5.41, 5.74) is 0. The molecule has 0 amide bonds. The van der Waals surface area contributed by atoms with Gasteiger partial charge in [0.25, 0.3) is 0 Å². The van der Waals surface area contributed by atoms with E-state index in [9.17, 15) is 5.26 Å². The van der Waals surface area contributed by atoms with Crippen LogP contribution in [0.4, 0.5) is 0 Å². The number of nitriles is 1. The molecule has 2 aliphatic rings. The third kappa shape index (κ3) is 3.36. The lowest BCUT2D eigenvalue weighted by atomic mass is 9.79. The zero-order valence-corrected chi connectivity index (χ0v) is 14.2. The fourth-order valence-corrected chi connectivity index (χ4v) is 4.15. The van der Waals surface area contributed by atoms with Gasteiger partial charge < -0.3 is 4.74 Å². The Morgan fingerprint density at radius 3 is 2.94 bits per heavy atom. The first-order valence-corrected chi connectivity index (χ1v) is 8.81. The highest BCUT2D eigenvalue weighted by Crippen LogP contribution is 2.37. The minimum absolute atomic E-state index is 0.219. The van der Waals surface area contributed by atoms with Crippen LogP contribution in [0.2, 0.25) is 0 Å². The molecule has 0 bridgehead atoms. The van der Waals surface area contributed by atoms with Crippen molar-refractivity contribution in [3.8, 4) is 6.07 Å². The number of rotatable bonds is 2. The molecule has 5 heteroatoms. The van der Waals surface area contributed by atoms with Crippen molar-refractivity contribution in [2.24, 2.45) is 11.8 Å². The molecule has 1 saturated heterocycles. The van der Waals surface area contributed by atoms with E-state index in [0.29, 0.717) is 22.0 Å². The second-order valence-corrected chi connectivity index (χ2v) is 7.42. The molecule has 2 rings (SSSR count). The Kier molecular flexibility index (Phi) is 5.68. The molecule has 1 aliphatic carbocycles. The van der Waals surface area contributed by atoms with E-state index >= 15 is 0 Å². The summed E-state index contributed by atoms with van der Waals surface area (Å²) in [5, 5.41) is 9.29. The van der Waals surface area contributed by atoms with Crippen molar-refractivity contribution >= 4 is 31.8 Å². The normalized spacial score (nSPS) is 42.4. The molecule has 0 aromatic carbocycles. The van der Waals surface area contributed by atoms with Crippen LogP contribution in [0.5, 0.6) is 0 Å². The van der Waals surface area contributed by atoms with E-state index in [1.165, 1.54) is 6.42 Å². The number of hydrogen-bond donors (Lipinski definition) is 0. The van der Waals surface area contributed by atoms with Gasteiger partial charge in [-0.25, -0.2) is 0 Å². The molecule has 5 unspecified atom stereocenters. The largest absolute Gasteiger partial charge is 0.375 e. The first-order valence-electron chi connectivity index (χ1n) is 6.75. The maximum Gasteiger partial charge on any atom is 0.0737 e. The summed E-state index contributed by atoms with van der Waals surface area (Å²) in [5.74, 6) is 0.864. The van der Waals surface area contributed by atoms with Crippen LogP contribution in [0.15, 0.2) is 0 Å². The number of halogens is 1. The van der Waals surface area contributed by atoms with Gasteiger partial charge in [0.1, 0.15) is 0 Å². The van der Waals surface area contributed by atoms with E-state index in [-0.39, 0.29) is 5.92 Å². The summed E-state index contributed by atoms with van der Waals surface area (Å²) in [4.78, 5) is 2.56. The number of ether oxygens (including phenoxy) is 1. The zero-order valence-electron chi connectivity index (χ0n) is 10.9. The van der Waals surface area contributed by atoms with Gasteiger partial charge in [0.05, 0.1) is 24.7 Å². The van der Waals surface area contributed by atoms with Crippen LogP contribution in [0, 0.1) is 23.2 Å². The Morgan fingerprint density at radius 2 is 2.28 bits per heavy atom. The molecule has 1 aliphatic heterocycles. The summed E-state index contributed by atoms with van der Waals surface area (Å²) in [6.07, 6.45) is 3.64. The molecule has 1 heterocycles. The molecular weight excluding hydrogens is 358 g/mol. The monoisotopic (exact) mass is 380 g/mol. The standard InChI is InChI=1S/C13H22IN2OP/c1-9-4-11(5-10(6-15)13(9)14)16-2-3-17-12(7-16)8-18/h9-13H,2-5,7-8,18H2,1H3/t9?,10?,11?,12-,13?/m0/s1. The highest BCUT2D eigenvalue weighted by Gasteiger charge is 2.37. The van der Waals surface area contributed by atoms with E-state index < -0.39 is 0 Å². The molecule has 3 nitrogen and oxygen atoms in total. The van der Waals surface area contributed by atoms with E-state index in [0.717, 1.165) is 32.3 Å². The first-order chi connectivity index (χ1) is 8.65. The van der Waals surface area contributed by atoms with Gasteiger partial charge in [-0.15, -0.1) is 9.24 Å². The Labute approximate surface area is 126 Å². The van der Waals surface area contributed by atoms with Crippen molar-refractivity contribution in [3.63, 3.8) is 0 Å². The van der Waals surface area contributed by atoms with Gasteiger partial charge in [0, 0.05) is 23.1 Å². The summed E-state index contributed by atoms with van der Waals surface area (Å²) < 4.78 is 6.24. The molecule has 0 radical (unpaired) electrons. The van der Waals surface area contributed by atoms with Crippen molar-refractivity contribution in [1.82, 2.24) is 4.90 Å². The number of nitrogens with zero attached hydrogens (tertiary/aromatic N) is 2. The van der Waals surface area contributed by atoms with Crippen molar-refractivity contribution in [3.05, 3.63) is 0 Å². The van der Waals surface area contributed by atoms with Gasteiger partial charge in [-0.3, -0.25) is 4.90 Å². The van der Waals surface area contributed by atoms with Crippen molar-refractivity contribution in [1.29, 1.82) is 5.26 Å². The minimum Gasteiger partial charge on any atom is -0.375 e. The minimum atomic E-state index is 0.219. The first kappa shape index (κ1) is 15.0. The summed E-state index contributed by atoms with van der Waals surface area (Å²) in [6.45, 7) is 5.20. The fourth-order valence-electron chi connectivity index (χ4n) is 3.11. The van der Waals surface area contributed by atoms with Crippen LogP contribution in [-0.2, 0) is 4.74 Å². The summed E-state index contributed by atoms with van der Waals surface area (Å²) in [7, 11) is 2.77. The van der Waals surface area contributed by atoms with Crippen LogP contribution >= 0.6 is 31.8 Å². The Bertz CT molecular complexity index is 323. The van der Waals surface area contributed by atoms with E-state index in [2.05, 4.69) is 49.7 Å². The van der Waals surface area contributed by atoms with Gasteiger partial charge >= 0.3 is 0 Å². The van der Waals surface area contributed by atoms with Crippen LogP contribution in [-0.4, -0.2) is 46.8 Å². The third-order valence-corrected chi connectivity index (χ3v) is 6.83. The van der Waals surface area contributed by atoms with Gasteiger partial charge in [0.2, 0.25) is 0 Å². The van der Waals surface area contributed by atoms with E-state index in [1.54, 1.807) is 0 Å². The molecule has 0 N–H and O–H groups in total. The summed E-state index contributed by atoms with van der Waals surface area (Å²) in [6, 6.07) is 3.09. The van der Waals surface area contributed by atoms with Crippen molar-refractivity contribution in [2.75, 3.05) is 25.9 Å². The van der Waals surface area contributed by atoms with Crippen LogP contribution in [0.25, 0.3) is 0 Å². The lowest BCUT2D eigenvalue weighted by molar-refractivity contribution is -0.0416. The predicted octanol–water partition coefficient (Wildman–Crippen LogP) is 2.30. The molecule has 2 fully saturated rings. The van der Waals surface area contributed by atoms with Crippen molar-refractivity contribution in [2.45, 2.75) is 35.8 Å². The zero-order chi connectivity index (χ0) is 13.1. The lowest BCUT2D eigenvalue weighted by Crippen LogP contribution is -2.51. The molecule has 0 aromatic rings. The molecule has 0 aromatic heterocycles. The van der Waals surface area contributed by atoms with E-state index in [4.69, 9.17) is 4.74 Å². The SMILES string of the molecule is CC1CC(N2CCO[C@H](CP)C2)CC(C#N)C1I. The van der Waals surface area contributed by atoms with Crippen LogP contribution in [0.3, 0.4) is 0 Å². The third-order valence-electron chi connectivity index (χ3n) is 4.21. The molecule has 1 saturated carbocycles. The topological polar surface area (TPSA) is 36.3 Å². The maximum atomic E-state index is 9.29. The number of alkyl halides is 1. The molecule has 6 atom stereocenters. The quantitative estimate of drug-likeness (QED) is 0.419. The van der Waals surface area contributed by atoms with Crippen LogP contribution in [0.1, 0.15) is 19.8 Å². The smallest absolute Gasteiger partial charge is 0.0737 e. The number of morpholine rings is 1. The van der Waals surface area contributed by atoms with Gasteiger partial charge in [-0.05, 0) is 24.9 Å². The number of hydrogen-bond acceptors (Lipinski definition) is 3. The average Bonchev–Trinajstić information content (AvgIpc) is 2.41. The van der Waals surface area contributed by atoms with Gasteiger partial charge in [-0.2, -0.15) is 5.26 Å². The second-order valence-electron chi connectivity index (χ2n) is 5.51.